The summed E-state index contributed by atoms with van der Waals surface area (Å²) < 4.78 is 6.15. The van der Waals surface area contributed by atoms with E-state index < -0.39 is 11.0 Å². The molecule has 2 heteroatoms. The molecule has 1 fully saturated rings. The standard InChI is InChI=1S/C21H26O2.C11H14/c1-4-20(2,3)19(22)23-21(13-7-8-14-21)18-12-11-16-9-5-6-10-17(16)15-18;1-8-7-10-5-3-4-6-11(10)9(8)2/h5-6,9-12,15H,4,7-8,13-14H2,1-3H3;3-6,8-9H,7H2,1-2H3. The van der Waals surface area contributed by atoms with Crippen molar-refractivity contribution in [3.05, 3.63) is 83.4 Å². The maximum Gasteiger partial charge on any atom is 0.312 e. The molecule has 2 aliphatic carbocycles. The molecule has 0 heterocycles. The minimum Gasteiger partial charge on any atom is -0.454 e. The van der Waals surface area contributed by atoms with Gasteiger partial charge in [0.2, 0.25) is 0 Å². The van der Waals surface area contributed by atoms with Crippen LogP contribution in [-0.2, 0) is 21.6 Å². The number of hydrogen-bond acceptors (Lipinski definition) is 2. The molecule has 0 aromatic heterocycles. The Bertz CT molecular complexity index is 1140. The van der Waals surface area contributed by atoms with E-state index in [1.54, 1.807) is 11.1 Å². The van der Waals surface area contributed by atoms with Crippen LogP contribution in [-0.4, -0.2) is 5.97 Å². The topological polar surface area (TPSA) is 26.3 Å². The lowest BCUT2D eigenvalue weighted by atomic mass is 9.87. The maximum absolute atomic E-state index is 12.7. The number of rotatable bonds is 4. The second kappa shape index (κ2) is 9.94. The molecule has 3 aromatic carbocycles. The van der Waals surface area contributed by atoms with Gasteiger partial charge in [0.15, 0.2) is 0 Å². The molecule has 0 N–H and O–H groups in total. The molecule has 0 bridgehead atoms. The first-order valence-corrected chi connectivity index (χ1v) is 13.1. The summed E-state index contributed by atoms with van der Waals surface area (Å²) in [5, 5.41) is 2.44. The van der Waals surface area contributed by atoms with E-state index in [0.29, 0.717) is 0 Å². The fourth-order valence-corrected chi connectivity index (χ4v) is 5.32. The van der Waals surface area contributed by atoms with Crippen molar-refractivity contribution < 1.29 is 9.53 Å². The van der Waals surface area contributed by atoms with Crippen LogP contribution in [0.2, 0.25) is 0 Å². The lowest BCUT2D eigenvalue weighted by molar-refractivity contribution is -0.171. The van der Waals surface area contributed by atoms with Gasteiger partial charge in [-0.1, -0.05) is 81.4 Å². The summed E-state index contributed by atoms with van der Waals surface area (Å²) >= 11 is 0. The molecule has 2 unspecified atom stereocenters. The van der Waals surface area contributed by atoms with Crippen molar-refractivity contribution in [3.63, 3.8) is 0 Å². The fraction of sp³-hybridized carbons (Fsp3) is 0.469. The molecular formula is C32H40O2. The molecule has 2 aliphatic rings. The van der Waals surface area contributed by atoms with E-state index in [2.05, 4.69) is 80.6 Å². The highest BCUT2D eigenvalue weighted by atomic mass is 16.6. The van der Waals surface area contributed by atoms with Gasteiger partial charge in [0, 0.05) is 0 Å². The molecule has 1 saturated carbocycles. The third-order valence-electron chi connectivity index (χ3n) is 8.35. The van der Waals surface area contributed by atoms with Crippen LogP contribution in [0.25, 0.3) is 10.8 Å². The van der Waals surface area contributed by atoms with Crippen LogP contribution in [0.1, 0.15) is 89.3 Å². The Morgan fingerprint density at radius 3 is 2.26 bits per heavy atom. The number of carbonyl (C=O) groups is 1. The predicted octanol–water partition coefficient (Wildman–Crippen LogP) is 8.57. The summed E-state index contributed by atoms with van der Waals surface area (Å²) in [6.45, 7) is 10.6. The molecule has 3 aromatic rings. The second-order valence-electron chi connectivity index (χ2n) is 11.1. The zero-order chi connectivity index (χ0) is 24.3. The Morgan fingerprint density at radius 2 is 1.59 bits per heavy atom. The number of carbonyl (C=O) groups excluding carboxylic acids is 1. The van der Waals surface area contributed by atoms with Crippen LogP contribution in [0.15, 0.2) is 66.7 Å². The normalized spacial score (nSPS) is 21.0. The summed E-state index contributed by atoms with van der Waals surface area (Å²) in [6.07, 6.45) is 6.16. The zero-order valence-electron chi connectivity index (χ0n) is 21.6. The molecule has 0 radical (unpaired) electrons. The van der Waals surface area contributed by atoms with Gasteiger partial charge >= 0.3 is 5.97 Å². The second-order valence-corrected chi connectivity index (χ2v) is 11.1. The molecule has 2 atom stereocenters. The third-order valence-corrected chi connectivity index (χ3v) is 8.35. The molecular weight excluding hydrogens is 416 g/mol. The summed E-state index contributed by atoms with van der Waals surface area (Å²) in [6, 6.07) is 23.6. The summed E-state index contributed by atoms with van der Waals surface area (Å²) in [5.74, 6) is 1.54. The lowest BCUT2D eigenvalue weighted by Crippen LogP contribution is -2.36. The predicted molar refractivity (Wildman–Crippen MR) is 142 cm³/mol. The molecule has 34 heavy (non-hydrogen) atoms. The minimum atomic E-state index is -0.437. The molecule has 0 saturated heterocycles. The average molecular weight is 457 g/mol. The van der Waals surface area contributed by atoms with Gasteiger partial charge in [0.25, 0.3) is 0 Å². The maximum atomic E-state index is 12.7. The van der Waals surface area contributed by atoms with E-state index in [9.17, 15) is 4.79 Å². The number of esters is 1. The smallest absolute Gasteiger partial charge is 0.312 e. The molecule has 0 spiro atoms. The van der Waals surface area contributed by atoms with Gasteiger partial charge in [0.05, 0.1) is 5.41 Å². The quantitative estimate of drug-likeness (QED) is 0.367. The largest absolute Gasteiger partial charge is 0.454 e. The molecule has 0 amide bonds. The van der Waals surface area contributed by atoms with Crippen molar-refractivity contribution in [2.75, 3.05) is 0 Å². The van der Waals surface area contributed by atoms with E-state index in [0.717, 1.165) is 49.5 Å². The first kappa shape index (κ1) is 24.5. The third kappa shape index (κ3) is 4.92. The van der Waals surface area contributed by atoms with Crippen molar-refractivity contribution in [3.8, 4) is 0 Å². The Labute approximate surface area is 205 Å². The average Bonchev–Trinajstić information content (AvgIpc) is 3.44. The van der Waals surface area contributed by atoms with Gasteiger partial charge < -0.3 is 4.74 Å². The highest BCUT2D eigenvalue weighted by Crippen LogP contribution is 2.44. The van der Waals surface area contributed by atoms with Crippen LogP contribution in [0, 0.1) is 11.3 Å². The Hall–Kier alpha value is -2.61. The van der Waals surface area contributed by atoms with Crippen molar-refractivity contribution in [1.29, 1.82) is 0 Å². The van der Waals surface area contributed by atoms with Gasteiger partial charge in [-0.05, 0) is 97.7 Å². The van der Waals surface area contributed by atoms with Gasteiger partial charge in [-0.2, -0.15) is 0 Å². The SMILES string of the molecule is CC1Cc2ccccc2C1C.CCC(C)(C)C(=O)OC1(c2ccc3ccccc3c2)CCCC1. The van der Waals surface area contributed by atoms with Crippen molar-refractivity contribution in [2.24, 2.45) is 11.3 Å². The van der Waals surface area contributed by atoms with E-state index in [1.165, 1.54) is 17.2 Å². The fourth-order valence-electron chi connectivity index (χ4n) is 5.32. The zero-order valence-corrected chi connectivity index (χ0v) is 21.6. The monoisotopic (exact) mass is 456 g/mol. The van der Waals surface area contributed by atoms with Gasteiger partial charge in [-0.25, -0.2) is 0 Å². The molecule has 5 rings (SSSR count). The number of benzene rings is 3. The van der Waals surface area contributed by atoms with E-state index >= 15 is 0 Å². The Kier molecular flexibility index (Phi) is 7.17. The van der Waals surface area contributed by atoms with E-state index in [4.69, 9.17) is 4.74 Å². The van der Waals surface area contributed by atoms with Crippen LogP contribution in [0.3, 0.4) is 0 Å². The number of fused-ring (bicyclic) bond motifs is 2. The van der Waals surface area contributed by atoms with Crippen LogP contribution < -0.4 is 0 Å². The number of hydrogen-bond donors (Lipinski definition) is 0. The Morgan fingerprint density at radius 1 is 0.941 bits per heavy atom. The first-order valence-electron chi connectivity index (χ1n) is 13.1. The summed E-state index contributed by atoms with van der Waals surface area (Å²) in [4.78, 5) is 12.7. The first-order chi connectivity index (χ1) is 16.3. The van der Waals surface area contributed by atoms with Crippen molar-refractivity contribution >= 4 is 16.7 Å². The number of ether oxygens (including phenoxy) is 1. The highest BCUT2D eigenvalue weighted by molar-refractivity contribution is 5.83. The summed E-state index contributed by atoms with van der Waals surface area (Å²) in [7, 11) is 0. The van der Waals surface area contributed by atoms with E-state index in [-0.39, 0.29) is 5.97 Å². The molecule has 0 aliphatic heterocycles. The van der Waals surface area contributed by atoms with Crippen LogP contribution in [0.5, 0.6) is 0 Å². The van der Waals surface area contributed by atoms with Gasteiger partial charge in [0.1, 0.15) is 5.60 Å². The van der Waals surface area contributed by atoms with Crippen LogP contribution in [0.4, 0.5) is 0 Å². The molecule has 180 valence electrons. The van der Waals surface area contributed by atoms with Gasteiger partial charge in [-0.3, -0.25) is 4.79 Å². The molecule has 2 nitrogen and oxygen atoms in total. The highest BCUT2D eigenvalue weighted by Gasteiger charge is 2.42. The summed E-state index contributed by atoms with van der Waals surface area (Å²) in [5.41, 5.74) is 3.42. The van der Waals surface area contributed by atoms with Crippen LogP contribution >= 0.6 is 0 Å². The van der Waals surface area contributed by atoms with E-state index in [1.807, 2.05) is 20.8 Å². The minimum absolute atomic E-state index is 0.0740. The lowest BCUT2D eigenvalue weighted by Gasteiger charge is -2.33. The van der Waals surface area contributed by atoms with Crippen molar-refractivity contribution in [1.82, 2.24) is 0 Å². The Balaban J connectivity index is 0.000000207. The van der Waals surface area contributed by atoms with Gasteiger partial charge in [-0.15, -0.1) is 0 Å². The van der Waals surface area contributed by atoms with Crippen molar-refractivity contribution in [2.45, 2.75) is 84.7 Å².